The SMILES string of the molecule is COC1CCN(c2cccc(S(=O)n3cc(N4CCNCC4)c4cccnc43)c2)C1. The second-order valence-electron chi connectivity index (χ2n) is 7.79. The van der Waals surface area contributed by atoms with E-state index in [9.17, 15) is 4.21 Å². The number of ether oxygens (including phenoxy) is 1. The molecule has 2 aliphatic heterocycles. The van der Waals surface area contributed by atoms with E-state index in [1.807, 2.05) is 34.4 Å². The molecule has 7 nitrogen and oxygen atoms in total. The van der Waals surface area contributed by atoms with Crippen molar-refractivity contribution >= 4 is 33.4 Å². The Hall–Kier alpha value is -2.42. The Bertz CT molecular complexity index is 1060. The monoisotopic (exact) mass is 425 g/mol. The minimum Gasteiger partial charge on any atom is -0.380 e. The molecule has 2 fully saturated rings. The number of rotatable bonds is 5. The summed E-state index contributed by atoms with van der Waals surface area (Å²) in [5.74, 6) is 0. The van der Waals surface area contributed by atoms with Crippen molar-refractivity contribution in [2.75, 3.05) is 56.2 Å². The van der Waals surface area contributed by atoms with Gasteiger partial charge in [0.2, 0.25) is 0 Å². The van der Waals surface area contributed by atoms with Gasteiger partial charge in [-0.3, -0.25) is 0 Å². The number of hydrogen-bond donors (Lipinski definition) is 1. The summed E-state index contributed by atoms with van der Waals surface area (Å²) in [6, 6.07) is 12.0. The molecular weight excluding hydrogens is 398 g/mol. The van der Waals surface area contributed by atoms with Crippen LogP contribution in [0.2, 0.25) is 0 Å². The van der Waals surface area contributed by atoms with Gasteiger partial charge >= 0.3 is 0 Å². The van der Waals surface area contributed by atoms with Gasteiger partial charge in [-0.15, -0.1) is 0 Å². The molecule has 2 aromatic heterocycles. The van der Waals surface area contributed by atoms with Crippen LogP contribution in [0.3, 0.4) is 0 Å². The average Bonchev–Trinajstić information content (AvgIpc) is 3.44. The van der Waals surface area contributed by atoms with Crippen molar-refractivity contribution in [3.05, 3.63) is 48.8 Å². The highest BCUT2D eigenvalue weighted by molar-refractivity contribution is 7.83. The minimum absolute atomic E-state index is 0.262. The fourth-order valence-corrected chi connectivity index (χ4v) is 5.50. The zero-order valence-corrected chi connectivity index (χ0v) is 18.0. The van der Waals surface area contributed by atoms with Crippen LogP contribution in [0.25, 0.3) is 11.0 Å². The molecule has 0 amide bonds. The molecule has 158 valence electrons. The van der Waals surface area contributed by atoms with Gasteiger partial charge in [-0.1, -0.05) is 6.07 Å². The predicted molar refractivity (Wildman–Crippen MR) is 121 cm³/mol. The number of anilines is 2. The summed E-state index contributed by atoms with van der Waals surface area (Å²) in [5, 5.41) is 4.44. The summed E-state index contributed by atoms with van der Waals surface area (Å²) in [6.45, 7) is 5.60. The molecule has 30 heavy (non-hydrogen) atoms. The molecule has 1 aromatic carbocycles. The lowest BCUT2D eigenvalue weighted by molar-refractivity contribution is 0.121. The van der Waals surface area contributed by atoms with E-state index in [1.54, 1.807) is 13.3 Å². The number of nitrogens with one attached hydrogen (secondary N) is 1. The number of benzene rings is 1. The van der Waals surface area contributed by atoms with Crippen molar-refractivity contribution < 1.29 is 8.95 Å². The Labute approximate surface area is 179 Å². The number of aromatic nitrogens is 2. The molecular formula is C22H27N5O2S. The van der Waals surface area contributed by atoms with E-state index < -0.39 is 11.0 Å². The van der Waals surface area contributed by atoms with Gasteiger partial charge in [0.1, 0.15) is 0 Å². The summed E-state index contributed by atoms with van der Waals surface area (Å²) in [4.78, 5) is 9.99. The first-order chi connectivity index (χ1) is 14.7. The average molecular weight is 426 g/mol. The maximum atomic E-state index is 13.6. The maximum Gasteiger partial charge on any atom is 0.158 e. The molecule has 0 saturated carbocycles. The Morgan fingerprint density at radius 2 is 2.00 bits per heavy atom. The summed E-state index contributed by atoms with van der Waals surface area (Å²) in [7, 11) is 0.392. The van der Waals surface area contributed by atoms with E-state index in [1.165, 1.54) is 0 Å². The number of pyridine rings is 1. The van der Waals surface area contributed by atoms with Crippen molar-refractivity contribution in [3.63, 3.8) is 0 Å². The number of hydrogen-bond acceptors (Lipinski definition) is 6. The molecule has 0 spiro atoms. The largest absolute Gasteiger partial charge is 0.380 e. The van der Waals surface area contributed by atoms with Crippen molar-refractivity contribution in [1.82, 2.24) is 14.3 Å². The normalized spacial score (nSPS) is 20.8. The Morgan fingerprint density at radius 3 is 2.80 bits per heavy atom. The molecule has 0 aliphatic carbocycles. The van der Waals surface area contributed by atoms with Crippen LogP contribution in [0.15, 0.2) is 53.7 Å². The molecule has 8 heteroatoms. The molecule has 0 radical (unpaired) electrons. The molecule has 4 heterocycles. The van der Waals surface area contributed by atoms with Gasteiger partial charge in [-0.2, -0.15) is 0 Å². The number of nitrogens with zero attached hydrogens (tertiary/aromatic N) is 4. The van der Waals surface area contributed by atoms with Crippen LogP contribution in [0.5, 0.6) is 0 Å². The Kier molecular flexibility index (Phi) is 5.45. The van der Waals surface area contributed by atoms with E-state index in [2.05, 4.69) is 32.2 Å². The highest BCUT2D eigenvalue weighted by Gasteiger charge is 2.24. The van der Waals surface area contributed by atoms with Gasteiger partial charge in [-0.25, -0.2) is 13.2 Å². The lowest BCUT2D eigenvalue weighted by atomic mass is 10.2. The second kappa shape index (κ2) is 8.37. The second-order valence-corrected chi connectivity index (χ2v) is 9.15. The fourth-order valence-electron chi connectivity index (χ4n) is 4.36. The number of methoxy groups -OCH3 is 1. The van der Waals surface area contributed by atoms with Gasteiger partial charge in [0.15, 0.2) is 16.6 Å². The van der Waals surface area contributed by atoms with Crippen LogP contribution in [0, 0.1) is 0 Å². The summed E-state index contributed by atoms with van der Waals surface area (Å²) in [6.07, 6.45) is 5.05. The Balaban J connectivity index is 1.49. The first-order valence-electron chi connectivity index (χ1n) is 10.5. The predicted octanol–water partition coefficient (Wildman–Crippen LogP) is 2.24. The summed E-state index contributed by atoms with van der Waals surface area (Å²) < 4.78 is 20.9. The molecule has 1 N–H and O–H groups in total. The van der Waals surface area contributed by atoms with E-state index in [0.717, 1.165) is 73.0 Å². The van der Waals surface area contributed by atoms with Crippen molar-refractivity contribution in [3.8, 4) is 0 Å². The molecule has 2 atom stereocenters. The molecule has 2 saturated heterocycles. The third-order valence-electron chi connectivity index (χ3n) is 6.01. The minimum atomic E-state index is -1.37. The van der Waals surface area contributed by atoms with Gasteiger partial charge in [0.25, 0.3) is 0 Å². The third kappa shape index (κ3) is 3.59. The molecule has 2 aliphatic rings. The van der Waals surface area contributed by atoms with Crippen LogP contribution in [0.4, 0.5) is 11.4 Å². The first kappa shape index (κ1) is 19.5. The van der Waals surface area contributed by atoms with Crippen molar-refractivity contribution in [2.24, 2.45) is 0 Å². The third-order valence-corrected chi connectivity index (χ3v) is 7.30. The number of fused-ring (bicyclic) bond motifs is 1. The van der Waals surface area contributed by atoms with Crippen LogP contribution in [0.1, 0.15) is 6.42 Å². The molecule has 0 bridgehead atoms. The fraction of sp³-hybridized carbons (Fsp3) is 0.409. The summed E-state index contributed by atoms with van der Waals surface area (Å²) in [5.41, 5.74) is 2.95. The highest BCUT2D eigenvalue weighted by atomic mass is 32.2. The quantitative estimate of drug-likeness (QED) is 0.677. The van der Waals surface area contributed by atoms with E-state index in [4.69, 9.17) is 4.74 Å². The van der Waals surface area contributed by atoms with Crippen LogP contribution >= 0.6 is 0 Å². The van der Waals surface area contributed by atoms with E-state index in [0.29, 0.717) is 0 Å². The van der Waals surface area contributed by atoms with Crippen LogP contribution in [-0.4, -0.2) is 65.6 Å². The highest BCUT2D eigenvalue weighted by Crippen LogP contribution is 2.31. The van der Waals surface area contributed by atoms with Crippen molar-refractivity contribution in [1.29, 1.82) is 0 Å². The standard InChI is InChI=1S/C22H27N5O2S/c1-29-18-7-11-26(15-18)17-4-2-5-19(14-17)30(28)27-16-21(25-12-9-23-10-13-25)20-6-3-8-24-22(20)27/h2-6,8,14,16,18,23H,7,9-13,15H2,1H3. The summed E-state index contributed by atoms with van der Waals surface area (Å²) >= 11 is 0. The maximum absolute atomic E-state index is 13.6. The first-order valence-corrected chi connectivity index (χ1v) is 11.6. The molecule has 2 unspecified atom stereocenters. The zero-order chi connectivity index (χ0) is 20.5. The van der Waals surface area contributed by atoms with Gasteiger partial charge < -0.3 is 19.9 Å². The van der Waals surface area contributed by atoms with Gasteiger partial charge in [-0.05, 0) is 36.8 Å². The topological polar surface area (TPSA) is 62.6 Å². The molecule has 3 aromatic rings. The lowest BCUT2D eigenvalue weighted by Crippen LogP contribution is -2.43. The molecule has 5 rings (SSSR count). The number of piperazine rings is 1. The lowest BCUT2D eigenvalue weighted by Gasteiger charge is -2.28. The van der Waals surface area contributed by atoms with Gasteiger partial charge in [0, 0.05) is 69.8 Å². The Morgan fingerprint density at radius 1 is 1.13 bits per heavy atom. The van der Waals surface area contributed by atoms with Crippen LogP contribution in [-0.2, 0) is 15.7 Å². The van der Waals surface area contributed by atoms with Crippen LogP contribution < -0.4 is 15.1 Å². The smallest absolute Gasteiger partial charge is 0.158 e. The zero-order valence-electron chi connectivity index (χ0n) is 17.2. The van der Waals surface area contributed by atoms with E-state index in [-0.39, 0.29) is 6.10 Å². The van der Waals surface area contributed by atoms with Crippen molar-refractivity contribution in [2.45, 2.75) is 17.4 Å². The van der Waals surface area contributed by atoms with Gasteiger partial charge in [0.05, 0.1) is 16.7 Å². The van der Waals surface area contributed by atoms with E-state index >= 15 is 0 Å².